The Labute approximate surface area is 203 Å². The predicted octanol–water partition coefficient (Wildman–Crippen LogP) is 2.47. The number of methoxy groups -OCH3 is 2. The van der Waals surface area contributed by atoms with Crippen molar-refractivity contribution in [1.29, 1.82) is 0 Å². The number of carbonyl (C=O) groups is 2. The van der Waals surface area contributed by atoms with Crippen LogP contribution < -0.4 is 26.2 Å². The number of hydrogen-bond acceptors (Lipinski definition) is 8. The van der Waals surface area contributed by atoms with Gasteiger partial charge in [-0.2, -0.15) is 0 Å². The van der Waals surface area contributed by atoms with Gasteiger partial charge >= 0.3 is 0 Å². The van der Waals surface area contributed by atoms with Crippen LogP contribution in [0.3, 0.4) is 0 Å². The van der Waals surface area contributed by atoms with Gasteiger partial charge in [-0.15, -0.1) is 0 Å². The highest BCUT2D eigenvalue weighted by molar-refractivity contribution is 5.92. The van der Waals surface area contributed by atoms with Gasteiger partial charge in [0, 0.05) is 24.4 Å². The van der Waals surface area contributed by atoms with Crippen molar-refractivity contribution in [2.24, 2.45) is 0 Å². The lowest BCUT2D eigenvalue weighted by Crippen LogP contribution is -2.43. The summed E-state index contributed by atoms with van der Waals surface area (Å²) >= 11 is 0. The van der Waals surface area contributed by atoms with E-state index < -0.39 is 0 Å². The van der Waals surface area contributed by atoms with Crippen molar-refractivity contribution < 1.29 is 23.5 Å². The number of carbonyl (C=O) groups excluding carboxylic acids is 2. The van der Waals surface area contributed by atoms with E-state index in [0.717, 1.165) is 11.3 Å². The Balaban J connectivity index is 1.34. The summed E-state index contributed by atoms with van der Waals surface area (Å²) in [5.74, 6) is 1.44. The number of benzene rings is 2. The largest absolute Gasteiger partial charge is 0.497 e. The maximum absolute atomic E-state index is 12.7. The fourth-order valence-corrected chi connectivity index (χ4v) is 3.85. The number of rotatable bonds is 9. The Morgan fingerprint density at radius 2 is 1.94 bits per heavy atom. The topological polar surface area (TPSA) is 127 Å². The van der Waals surface area contributed by atoms with Gasteiger partial charge in [-0.05, 0) is 49.2 Å². The number of hydrogen-bond donors (Lipinski definition) is 4. The molecule has 0 saturated carbocycles. The molecule has 1 aliphatic heterocycles. The molecule has 0 bridgehead atoms. The number of amides is 2. The first-order chi connectivity index (χ1) is 17.0. The van der Waals surface area contributed by atoms with Gasteiger partial charge in [0.15, 0.2) is 0 Å². The van der Waals surface area contributed by atoms with Crippen molar-refractivity contribution in [3.8, 4) is 17.2 Å². The van der Waals surface area contributed by atoms with E-state index >= 15 is 0 Å². The first-order valence-corrected chi connectivity index (χ1v) is 11.2. The van der Waals surface area contributed by atoms with Gasteiger partial charge in [0.1, 0.15) is 29.9 Å². The van der Waals surface area contributed by atoms with Gasteiger partial charge in [0.2, 0.25) is 17.7 Å². The van der Waals surface area contributed by atoms with E-state index in [0.29, 0.717) is 35.0 Å². The second-order valence-corrected chi connectivity index (χ2v) is 8.20. The standard InChI is InChI=1S/C25H29N5O5/c1-15-22(28-25(35-15)17-5-4-6-18(11-17)27-23(31)14-33-2)13-26-24(32)21-12-20(29-30-21)16-7-9-19(34-3)10-8-16/h4-11,20-21,29-30H,12-14H2,1-3H3,(H,26,32)(H,27,31). The van der Waals surface area contributed by atoms with Gasteiger partial charge in [0.05, 0.1) is 13.7 Å². The van der Waals surface area contributed by atoms with E-state index in [1.165, 1.54) is 7.11 Å². The van der Waals surface area contributed by atoms with E-state index in [9.17, 15) is 9.59 Å². The molecular weight excluding hydrogens is 450 g/mol. The molecular formula is C25H29N5O5. The molecule has 1 fully saturated rings. The molecule has 2 atom stereocenters. The van der Waals surface area contributed by atoms with E-state index in [-0.39, 0.29) is 37.0 Å². The van der Waals surface area contributed by atoms with Crippen LogP contribution in [0.15, 0.2) is 52.9 Å². The van der Waals surface area contributed by atoms with Crippen molar-refractivity contribution >= 4 is 17.5 Å². The average Bonchev–Trinajstić information content (AvgIpc) is 3.50. The third-order valence-corrected chi connectivity index (χ3v) is 5.73. The second-order valence-electron chi connectivity index (χ2n) is 8.20. The molecule has 0 spiro atoms. The molecule has 1 aliphatic rings. The molecule has 10 heteroatoms. The number of ether oxygens (including phenoxy) is 2. The lowest BCUT2D eigenvalue weighted by Gasteiger charge is -2.10. The molecule has 4 N–H and O–H groups in total. The van der Waals surface area contributed by atoms with Crippen LogP contribution in [0.4, 0.5) is 5.69 Å². The number of aromatic nitrogens is 1. The van der Waals surface area contributed by atoms with E-state index in [4.69, 9.17) is 13.9 Å². The fourth-order valence-electron chi connectivity index (χ4n) is 3.85. The van der Waals surface area contributed by atoms with E-state index in [1.54, 1.807) is 32.2 Å². The summed E-state index contributed by atoms with van der Waals surface area (Å²) in [5, 5.41) is 5.69. The highest BCUT2D eigenvalue weighted by Crippen LogP contribution is 2.26. The minimum absolute atomic E-state index is 0.0219. The third kappa shape index (κ3) is 6.04. The average molecular weight is 480 g/mol. The molecule has 2 unspecified atom stereocenters. The van der Waals surface area contributed by atoms with Crippen molar-refractivity contribution in [3.63, 3.8) is 0 Å². The third-order valence-electron chi connectivity index (χ3n) is 5.73. The maximum Gasteiger partial charge on any atom is 0.250 e. The van der Waals surface area contributed by atoms with Crippen LogP contribution in [0.25, 0.3) is 11.5 Å². The van der Waals surface area contributed by atoms with Crippen molar-refractivity contribution in [2.75, 3.05) is 26.1 Å². The Hall–Kier alpha value is -3.73. The normalized spacial score (nSPS) is 17.2. The maximum atomic E-state index is 12.7. The van der Waals surface area contributed by atoms with Gasteiger partial charge in [0.25, 0.3) is 0 Å². The Morgan fingerprint density at radius 1 is 1.14 bits per heavy atom. The van der Waals surface area contributed by atoms with Crippen LogP contribution in [0.1, 0.15) is 29.5 Å². The summed E-state index contributed by atoms with van der Waals surface area (Å²) in [6, 6.07) is 14.6. The Morgan fingerprint density at radius 3 is 2.69 bits per heavy atom. The lowest BCUT2D eigenvalue weighted by atomic mass is 10.0. The minimum Gasteiger partial charge on any atom is -0.497 e. The lowest BCUT2D eigenvalue weighted by molar-refractivity contribution is -0.123. The molecule has 184 valence electrons. The molecule has 0 aliphatic carbocycles. The number of nitrogens with one attached hydrogen (secondary N) is 4. The van der Waals surface area contributed by atoms with Crippen LogP contribution >= 0.6 is 0 Å². The Kier molecular flexibility index (Phi) is 7.76. The summed E-state index contributed by atoms with van der Waals surface area (Å²) in [5.41, 5.74) is 9.28. The summed E-state index contributed by atoms with van der Waals surface area (Å²) in [4.78, 5) is 29.1. The molecule has 1 saturated heterocycles. The van der Waals surface area contributed by atoms with Crippen molar-refractivity contribution in [1.82, 2.24) is 21.2 Å². The first-order valence-electron chi connectivity index (χ1n) is 11.2. The number of oxazole rings is 1. The van der Waals surface area contributed by atoms with Crippen LogP contribution in [0.5, 0.6) is 5.75 Å². The number of nitrogens with zero attached hydrogens (tertiary/aromatic N) is 1. The number of aryl methyl sites for hydroxylation is 1. The van der Waals surface area contributed by atoms with Gasteiger partial charge < -0.3 is 24.5 Å². The van der Waals surface area contributed by atoms with Crippen LogP contribution in [-0.2, 0) is 20.9 Å². The molecule has 0 radical (unpaired) electrons. The molecule has 2 amide bonds. The molecule has 10 nitrogen and oxygen atoms in total. The van der Waals surface area contributed by atoms with Gasteiger partial charge in [-0.1, -0.05) is 18.2 Å². The van der Waals surface area contributed by atoms with E-state index in [2.05, 4.69) is 26.5 Å². The van der Waals surface area contributed by atoms with Gasteiger partial charge in [-0.3, -0.25) is 9.59 Å². The van der Waals surface area contributed by atoms with Crippen LogP contribution in [0, 0.1) is 6.92 Å². The summed E-state index contributed by atoms with van der Waals surface area (Å²) in [6.45, 7) is 2.01. The molecule has 1 aromatic heterocycles. The number of hydrazine groups is 1. The highest BCUT2D eigenvalue weighted by Gasteiger charge is 2.30. The molecule has 2 heterocycles. The molecule has 2 aromatic carbocycles. The summed E-state index contributed by atoms with van der Waals surface area (Å²) < 4.78 is 15.9. The molecule has 3 aromatic rings. The highest BCUT2D eigenvalue weighted by atomic mass is 16.5. The zero-order chi connectivity index (χ0) is 24.8. The summed E-state index contributed by atoms with van der Waals surface area (Å²) in [7, 11) is 3.09. The first kappa shape index (κ1) is 24.4. The quantitative estimate of drug-likeness (QED) is 0.369. The summed E-state index contributed by atoms with van der Waals surface area (Å²) in [6.07, 6.45) is 0.614. The van der Waals surface area contributed by atoms with Crippen molar-refractivity contribution in [2.45, 2.75) is 32.0 Å². The zero-order valence-electron chi connectivity index (χ0n) is 19.9. The van der Waals surface area contributed by atoms with E-state index in [1.807, 2.05) is 30.3 Å². The van der Waals surface area contributed by atoms with Crippen LogP contribution in [0.2, 0.25) is 0 Å². The Bertz CT molecular complexity index is 1180. The second kappa shape index (κ2) is 11.1. The molecule has 35 heavy (non-hydrogen) atoms. The predicted molar refractivity (Wildman–Crippen MR) is 129 cm³/mol. The molecule has 4 rings (SSSR count). The SMILES string of the molecule is COCC(=O)Nc1cccc(-c2nc(CNC(=O)C3CC(c4ccc(OC)cc4)NN3)c(C)o2)c1. The fraction of sp³-hybridized carbons (Fsp3) is 0.320. The monoisotopic (exact) mass is 479 g/mol. The van der Waals surface area contributed by atoms with Crippen molar-refractivity contribution in [3.05, 3.63) is 65.5 Å². The smallest absolute Gasteiger partial charge is 0.250 e. The van der Waals surface area contributed by atoms with Gasteiger partial charge in [-0.25, -0.2) is 15.8 Å². The minimum atomic E-state index is -0.374. The zero-order valence-corrected chi connectivity index (χ0v) is 19.9. The van der Waals surface area contributed by atoms with Crippen LogP contribution in [-0.4, -0.2) is 43.7 Å². The number of anilines is 1.